The van der Waals surface area contributed by atoms with E-state index in [9.17, 15) is 4.79 Å². The maximum Gasteiger partial charge on any atom is 0.153 e. The zero-order valence-electron chi connectivity index (χ0n) is 8.68. The average molecular weight is 181 g/mol. The fourth-order valence-electron chi connectivity index (χ4n) is 3.05. The molecule has 1 unspecified atom stereocenters. The molecule has 1 heterocycles. The number of likely N-dealkylation sites (tertiary alicyclic amines) is 1. The van der Waals surface area contributed by atoms with Crippen molar-refractivity contribution in [3.8, 4) is 0 Å². The number of carbonyl (C=O) groups excluding carboxylic acids is 1. The molecule has 0 radical (unpaired) electrons. The Hall–Kier alpha value is -0.370. The molecule has 0 aromatic carbocycles. The van der Waals surface area contributed by atoms with E-state index in [1.807, 2.05) is 0 Å². The van der Waals surface area contributed by atoms with E-state index in [1.165, 1.54) is 12.8 Å². The van der Waals surface area contributed by atoms with Crippen LogP contribution < -0.4 is 0 Å². The summed E-state index contributed by atoms with van der Waals surface area (Å²) in [5, 5.41) is 0. The highest BCUT2D eigenvalue weighted by atomic mass is 16.1. The Morgan fingerprint density at radius 1 is 1.38 bits per heavy atom. The van der Waals surface area contributed by atoms with Crippen LogP contribution in [-0.2, 0) is 4.79 Å². The van der Waals surface area contributed by atoms with Gasteiger partial charge in [0.2, 0.25) is 0 Å². The molecule has 0 amide bonds. The fraction of sp³-hybridized carbons (Fsp3) is 0.909. The lowest BCUT2D eigenvalue weighted by atomic mass is 9.81. The number of carbonyl (C=O) groups is 1. The Bertz CT molecular complexity index is 218. The van der Waals surface area contributed by atoms with Crippen LogP contribution in [0.5, 0.6) is 0 Å². The molecule has 1 spiro atoms. The predicted octanol–water partition coefficient (Wildman–Crippen LogP) is 1.84. The van der Waals surface area contributed by atoms with Crippen LogP contribution in [-0.4, -0.2) is 29.8 Å². The summed E-state index contributed by atoms with van der Waals surface area (Å²) in [6.45, 7) is 3.28. The summed E-state index contributed by atoms with van der Waals surface area (Å²) in [6.07, 6.45) is 5.50. The smallest absolute Gasteiger partial charge is 0.153 e. The molecule has 1 atom stereocenters. The molecule has 2 nitrogen and oxygen atoms in total. The highest BCUT2D eigenvalue weighted by Gasteiger charge is 2.47. The summed E-state index contributed by atoms with van der Waals surface area (Å²) in [7, 11) is 2.12. The van der Waals surface area contributed by atoms with Gasteiger partial charge in [-0.2, -0.15) is 0 Å². The van der Waals surface area contributed by atoms with Crippen molar-refractivity contribution in [2.75, 3.05) is 13.6 Å². The van der Waals surface area contributed by atoms with Gasteiger partial charge in [0, 0.05) is 13.0 Å². The fourth-order valence-corrected chi connectivity index (χ4v) is 3.05. The maximum atomic E-state index is 12.0. The number of likely N-dealkylation sites (N-methyl/N-ethyl adjacent to an activating group) is 1. The molecule has 0 bridgehead atoms. The first kappa shape index (κ1) is 9.20. The van der Waals surface area contributed by atoms with Crippen LogP contribution in [0.2, 0.25) is 0 Å². The lowest BCUT2D eigenvalue weighted by molar-refractivity contribution is -0.135. The van der Waals surface area contributed by atoms with Crippen LogP contribution in [0.25, 0.3) is 0 Å². The van der Waals surface area contributed by atoms with Crippen LogP contribution in [0.1, 0.15) is 39.0 Å². The van der Waals surface area contributed by atoms with E-state index in [0.717, 1.165) is 25.8 Å². The van der Waals surface area contributed by atoms with Crippen LogP contribution in [0, 0.1) is 5.92 Å². The first-order valence-electron chi connectivity index (χ1n) is 5.40. The number of nitrogens with zero attached hydrogens (tertiary/aromatic N) is 1. The van der Waals surface area contributed by atoms with Gasteiger partial charge in [-0.3, -0.25) is 9.69 Å². The van der Waals surface area contributed by atoms with E-state index in [1.54, 1.807) is 0 Å². The van der Waals surface area contributed by atoms with Crippen molar-refractivity contribution in [3.63, 3.8) is 0 Å². The monoisotopic (exact) mass is 181 g/mol. The topological polar surface area (TPSA) is 20.3 Å². The third-order valence-corrected chi connectivity index (χ3v) is 3.80. The molecule has 2 aliphatic rings. The molecule has 13 heavy (non-hydrogen) atoms. The molecule has 2 rings (SSSR count). The third kappa shape index (κ3) is 1.32. The number of ketones is 1. The molecular weight excluding hydrogens is 162 g/mol. The van der Waals surface area contributed by atoms with Gasteiger partial charge in [-0.05, 0) is 25.8 Å². The second-order valence-corrected chi connectivity index (χ2v) is 4.85. The standard InChI is InChI=1S/C11H19NO/c1-9-7-10(13)11(12(2)8-9)5-3-4-6-11/h9H,3-8H2,1-2H3. The number of Topliss-reactive ketones (excluding diaryl/α,β-unsaturated/α-hetero) is 1. The van der Waals surface area contributed by atoms with Crippen molar-refractivity contribution < 1.29 is 4.79 Å². The zero-order valence-corrected chi connectivity index (χ0v) is 8.68. The molecule has 0 aromatic heterocycles. The highest BCUT2D eigenvalue weighted by molar-refractivity contribution is 5.89. The minimum absolute atomic E-state index is 0.0352. The van der Waals surface area contributed by atoms with Gasteiger partial charge < -0.3 is 0 Å². The van der Waals surface area contributed by atoms with Gasteiger partial charge in [-0.25, -0.2) is 0 Å². The second-order valence-electron chi connectivity index (χ2n) is 4.85. The maximum absolute atomic E-state index is 12.0. The third-order valence-electron chi connectivity index (χ3n) is 3.80. The van der Waals surface area contributed by atoms with E-state index >= 15 is 0 Å². The number of hydrogen-bond donors (Lipinski definition) is 0. The van der Waals surface area contributed by atoms with Gasteiger partial charge >= 0.3 is 0 Å². The van der Waals surface area contributed by atoms with E-state index in [-0.39, 0.29) is 5.54 Å². The Labute approximate surface area is 80.3 Å². The summed E-state index contributed by atoms with van der Waals surface area (Å²) in [6, 6.07) is 0. The molecule has 2 fully saturated rings. The summed E-state index contributed by atoms with van der Waals surface area (Å²) in [4.78, 5) is 14.3. The first-order chi connectivity index (χ1) is 6.15. The van der Waals surface area contributed by atoms with Crippen molar-refractivity contribution in [1.29, 1.82) is 0 Å². The lowest BCUT2D eigenvalue weighted by Gasteiger charge is -2.43. The summed E-state index contributed by atoms with van der Waals surface area (Å²) >= 11 is 0. The van der Waals surface area contributed by atoms with Gasteiger partial charge in [0.15, 0.2) is 5.78 Å². The van der Waals surface area contributed by atoms with Crippen LogP contribution in [0.4, 0.5) is 0 Å². The second kappa shape index (κ2) is 3.09. The van der Waals surface area contributed by atoms with Crippen molar-refractivity contribution >= 4 is 5.78 Å². The number of rotatable bonds is 0. The summed E-state index contributed by atoms with van der Waals surface area (Å²) in [5.41, 5.74) is -0.0352. The minimum Gasteiger partial charge on any atom is -0.298 e. The van der Waals surface area contributed by atoms with Gasteiger partial charge in [-0.1, -0.05) is 19.8 Å². The minimum atomic E-state index is -0.0352. The van der Waals surface area contributed by atoms with E-state index in [0.29, 0.717) is 11.7 Å². The van der Waals surface area contributed by atoms with Crippen LogP contribution >= 0.6 is 0 Å². The molecule has 74 valence electrons. The largest absolute Gasteiger partial charge is 0.298 e. The van der Waals surface area contributed by atoms with Crippen molar-refractivity contribution in [2.24, 2.45) is 5.92 Å². The Morgan fingerprint density at radius 2 is 2.00 bits per heavy atom. The Morgan fingerprint density at radius 3 is 2.54 bits per heavy atom. The number of piperidine rings is 1. The molecule has 1 saturated heterocycles. The van der Waals surface area contributed by atoms with E-state index in [2.05, 4.69) is 18.9 Å². The van der Waals surface area contributed by atoms with Gasteiger partial charge in [0.05, 0.1) is 5.54 Å². The molecule has 2 heteroatoms. The van der Waals surface area contributed by atoms with Crippen LogP contribution in [0.15, 0.2) is 0 Å². The lowest BCUT2D eigenvalue weighted by Crippen LogP contribution is -2.56. The Balaban J connectivity index is 2.21. The van der Waals surface area contributed by atoms with Crippen molar-refractivity contribution in [1.82, 2.24) is 4.90 Å². The number of hydrogen-bond acceptors (Lipinski definition) is 2. The Kier molecular flexibility index (Phi) is 2.18. The molecular formula is C11H19NO. The average Bonchev–Trinajstić information content (AvgIpc) is 2.50. The molecule has 0 aromatic rings. The highest BCUT2D eigenvalue weighted by Crippen LogP contribution is 2.39. The molecule has 1 saturated carbocycles. The molecule has 1 aliphatic carbocycles. The van der Waals surface area contributed by atoms with Crippen LogP contribution in [0.3, 0.4) is 0 Å². The van der Waals surface area contributed by atoms with Crippen molar-refractivity contribution in [2.45, 2.75) is 44.6 Å². The molecule has 1 aliphatic heterocycles. The quantitative estimate of drug-likeness (QED) is 0.568. The van der Waals surface area contributed by atoms with Crippen molar-refractivity contribution in [3.05, 3.63) is 0 Å². The zero-order chi connectivity index (χ0) is 9.47. The van der Waals surface area contributed by atoms with Gasteiger partial charge in [0.25, 0.3) is 0 Å². The predicted molar refractivity (Wildman–Crippen MR) is 52.6 cm³/mol. The normalized spacial score (nSPS) is 34.3. The summed E-state index contributed by atoms with van der Waals surface area (Å²) in [5.74, 6) is 1.06. The summed E-state index contributed by atoms with van der Waals surface area (Å²) < 4.78 is 0. The van der Waals surface area contributed by atoms with E-state index in [4.69, 9.17) is 0 Å². The first-order valence-corrected chi connectivity index (χ1v) is 5.40. The molecule has 0 N–H and O–H groups in total. The van der Waals surface area contributed by atoms with E-state index < -0.39 is 0 Å². The SMILES string of the molecule is CC1CC(=O)C2(CCCC2)N(C)C1. The van der Waals surface area contributed by atoms with Gasteiger partial charge in [-0.15, -0.1) is 0 Å². The van der Waals surface area contributed by atoms with Gasteiger partial charge in [0.1, 0.15) is 0 Å².